The van der Waals surface area contributed by atoms with Crippen molar-refractivity contribution in [1.82, 2.24) is 9.97 Å². The lowest BCUT2D eigenvalue weighted by molar-refractivity contribution is 0.678. The Balaban J connectivity index is 2.47. The highest BCUT2D eigenvalue weighted by atomic mass is 35.5. The molecule has 84 valence electrons. The predicted octanol–water partition coefficient (Wildman–Crippen LogP) is 1.70. The Bertz CT molecular complexity index is 348. The fourth-order valence-electron chi connectivity index (χ4n) is 1.07. The quantitative estimate of drug-likeness (QED) is 0.861. The van der Waals surface area contributed by atoms with Crippen molar-refractivity contribution in [3.05, 3.63) is 17.5 Å². The minimum atomic E-state index is -0.755. The van der Waals surface area contributed by atoms with Crippen molar-refractivity contribution in [2.24, 2.45) is 0 Å². The molecule has 1 N–H and O–H groups in total. The van der Waals surface area contributed by atoms with Crippen LogP contribution in [0.15, 0.2) is 12.5 Å². The number of nitrogens with zero attached hydrogens (tertiary/aromatic N) is 2. The van der Waals surface area contributed by atoms with Gasteiger partial charge in [-0.3, -0.25) is 4.21 Å². The van der Waals surface area contributed by atoms with Crippen LogP contribution in [0.3, 0.4) is 0 Å². The topological polar surface area (TPSA) is 54.9 Å². The molecular formula is C9H14ClN3OS. The molecule has 0 aromatic carbocycles. The van der Waals surface area contributed by atoms with Gasteiger partial charge in [0.15, 0.2) is 0 Å². The minimum absolute atomic E-state index is 0.196. The van der Waals surface area contributed by atoms with Crippen LogP contribution in [-0.2, 0) is 10.8 Å². The maximum atomic E-state index is 10.9. The van der Waals surface area contributed by atoms with Gasteiger partial charge in [-0.05, 0) is 13.3 Å². The van der Waals surface area contributed by atoms with Gasteiger partial charge >= 0.3 is 0 Å². The van der Waals surface area contributed by atoms with Crippen LogP contribution in [0.4, 0.5) is 5.82 Å². The molecule has 4 nitrogen and oxygen atoms in total. The maximum absolute atomic E-state index is 10.9. The van der Waals surface area contributed by atoms with Crippen LogP contribution in [0.25, 0.3) is 0 Å². The summed E-state index contributed by atoms with van der Waals surface area (Å²) in [5.74, 6) is 1.30. The van der Waals surface area contributed by atoms with Crippen molar-refractivity contribution in [1.29, 1.82) is 0 Å². The Hall–Kier alpha value is -0.680. The van der Waals surface area contributed by atoms with Crippen molar-refractivity contribution in [3.8, 4) is 0 Å². The largest absolute Gasteiger partial charge is 0.366 e. The first kappa shape index (κ1) is 12.4. The van der Waals surface area contributed by atoms with Gasteiger partial charge in [0.2, 0.25) is 0 Å². The minimum Gasteiger partial charge on any atom is -0.366 e. The second-order valence-electron chi connectivity index (χ2n) is 3.33. The van der Waals surface area contributed by atoms with Gasteiger partial charge < -0.3 is 5.32 Å². The third-order valence-electron chi connectivity index (χ3n) is 1.89. The monoisotopic (exact) mass is 247 g/mol. The molecule has 0 aliphatic carbocycles. The van der Waals surface area contributed by atoms with Gasteiger partial charge in [-0.25, -0.2) is 9.97 Å². The van der Waals surface area contributed by atoms with E-state index in [9.17, 15) is 4.21 Å². The second kappa shape index (κ2) is 6.02. The number of halogens is 1. The molecule has 0 amide bonds. The lowest BCUT2D eigenvalue weighted by Crippen LogP contribution is -2.18. The number of rotatable bonds is 5. The van der Waals surface area contributed by atoms with E-state index in [-0.39, 0.29) is 6.04 Å². The second-order valence-corrected chi connectivity index (χ2v) is 5.29. The highest BCUT2D eigenvalue weighted by molar-refractivity contribution is 7.84. The first-order valence-electron chi connectivity index (χ1n) is 4.61. The zero-order valence-electron chi connectivity index (χ0n) is 8.74. The van der Waals surface area contributed by atoms with Gasteiger partial charge in [0.1, 0.15) is 17.2 Å². The zero-order chi connectivity index (χ0) is 11.3. The average Bonchev–Trinajstić information content (AvgIpc) is 2.18. The zero-order valence-corrected chi connectivity index (χ0v) is 10.3. The van der Waals surface area contributed by atoms with E-state index in [1.165, 1.54) is 6.33 Å². The van der Waals surface area contributed by atoms with Crippen LogP contribution in [0.2, 0.25) is 5.02 Å². The number of aromatic nitrogens is 2. The molecule has 1 aromatic heterocycles. The van der Waals surface area contributed by atoms with Gasteiger partial charge in [-0.1, -0.05) is 11.6 Å². The highest BCUT2D eigenvalue weighted by Crippen LogP contribution is 2.17. The molecule has 0 spiro atoms. The summed E-state index contributed by atoms with van der Waals surface area (Å²) in [7, 11) is -0.755. The molecule has 0 radical (unpaired) electrons. The summed E-state index contributed by atoms with van der Waals surface area (Å²) in [6.07, 6.45) is 5.51. The van der Waals surface area contributed by atoms with Crippen LogP contribution < -0.4 is 5.32 Å². The van der Waals surface area contributed by atoms with Gasteiger partial charge in [0.25, 0.3) is 0 Å². The van der Waals surface area contributed by atoms with E-state index in [4.69, 9.17) is 11.6 Å². The molecule has 0 aliphatic heterocycles. The van der Waals surface area contributed by atoms with Crippen LogP contribution >= 0.6 is 11.6 Å². The number of anilines is 1. The van der Waals surface area contributed by atoms with Crippen molar-refractivity contribution >= 4 is 28.2 Å². The van der Waals surface area contributed by atoms with Crippen LogP contribution in [0, 0.1) is 0 Å². The molecular weight excluding hydrogens is 234 g/mol. The number of hydrogen-bond acceptors (Lipinski definition) is 4. The lowest BCUT2D eigenvalue weighted by Gasteiger charge is -2.14. The van der Waals surface area contributed by atoms with E-state index in [1.807, 2.05) is 6.92 Å². The predicted molar refractivity (Wildman–Crippen MR) is 63.7 cm³/mol. The molecule has 0 saturated carbocycles. The van der Waals surface area contributed by atoms with Crippen LogP contribution in [-0.4, -0.2) is 32.2 Å². The summed E-state index contributed by atoms with van der Waals surface area (Å²) in [5, 5.41) is 3.65. The number of nitrogens with one attached hydrogen (secondary N) is 1. The fourth-order valence-corrected chi connectivity index (χ4v) is 1.91. The van der Waals surface area contributed by atoms with Crippen molar-refractivity contribution in [3.63, 3.8) is 0 Å². The van der Waals surface area contributed by atoms with Gasteiger partial charge in [-0.15, -0.1) is 0 Å². The molecule has 1 aromatic rings. The number of hydrogen-bond donors (Lipinski definition) is 1. The van der Waals surface area contributed by atoms with Gasteiger partial charge in [0.05, 0.1) is 6.20 Å². The Labute approximate surface area is 96.9 Å². The van der Waals surface area contributed by atoms with Gasteiger partial charge in [-0.2, -0.15) is 0 Å². The standard InChI is InChI=1S/C9H14ClN3OS/c1-7(3-4-15(2)14)13-9-8(10)5-11-6-12-9/h5-7H,3-4H2,1-2H3,(H,11,12,13). The Kier molecular flexibility index (Phi) is 4.98. The lowest BCUT2D eigenvalue weighted by atomic mass is 10.2. The Morgan fingerprint density at radius 1 is 1.67 bits per heavy atom. The van der Waals surface area contributed by atoms with Crippen LogP contribution in [0.1, 0.15) is 13.3 Å². The summed E-state index contributed by atoms with van der Waals surface area (Å²) in [4.78, 5) is 7.81. The summed E-state index contributed by atoms with van der Waals surface area (Å²) in [6.45, 7) is 2.01. The molecule has 0 saturated heterocycles. The normalized spacial score (nSPS) is 14.6. The van der Waals surface area contributed by atoms with E-state index in [1.54, 1.807) is 12.5 Å². The maximum Gasteiger partial charge on any atom is 0.148 e. The fraction of sp³-hybridized carbons (Fsp3) is 0.556. The Morgan fingerprint density at radius 2 is 2.40 bits per heavy atom. The SMILES string of the molecule is CC(CCS(C)=O)Nc1ncncc1Cl. The first-order chi connectivity index (χ1) is 7.09. The molecule has 0 fully saturated rings. The average molecular weight is 248 g/mol. The summed E-state index contributed by atoms with van der Waals surface area (Å²) >= 11 is 5.88. The third-order valence-corrected chi connectivity index (χ3v) is 2.98. The Morgan fingerprint density at radius 3 is 3.00 bits per heavy atom. The molecule has 15 heavy (non-hydrogen) atoms. The van der Waals surface area contributed by atoms with E-state index in [0.717, 1.165) is 6.42 Å². The van der Waals surface area contributed by atoms with E-state index in [0.29, 0.717) is 16.6 Å². The summed E-state index contributed by atoms with van der Waals surface area (Å²) in [6, 6.07) is 0.196. The third kappa shape index (κ3) is 4.57. The molecule has 1 heterocycles. The van der Waals surface area contributed by atoms with Crippen molar-refractivity contribution in [2.45, 2.75) is 19.4 Å². The van der Waals surface area contributed by atoms with E-state index in [2.05, 4.69) is 15.3 Å². The first-order valence-corrected chi connectivity index (χ1v) is 6.72. The molecule has 0 aliphatic rings. The summed E-state index contributed by atoms with van der Waals surface area (Å²) < 4.78 is 10.9. The highest BCUT2D eigenvalue weighted by Gasteiger charge is 2.06. The van der Waals surface area contributed by atoms with Crippen molar-refractivity contribution in [2.75, 3.05) is 17.3 Å². The molecule has 6 heteroatoms. The smallest absolute Gasteiger partial charge is 0.148 e. The molecule has 0 bridgehead atoms. The van der Waals surface area contributed by atoms with E-state index >= 15 is 0 Å². The molecule has 2 atom stereocenters. The van der Waals surface area contributed by atoms with Gasteiger partial charge in [0, 0.05) is 28.9 Å². The summed E-state index contributed by atoms with van der Waals surface area (Å²) in [5.41, 5.74) is 0. The van der Waals surface area contributed by atoms with E-state index < -0.39 is 10.8 Å². The van der Waals surface area contributed by atoms with Crippen molar-refractivity contribution < 1.29 is 4.21 Å². The van der Waals surface area contributed by atoms with Crippen LogP contribution in [0.5, 0.6) is 0 Å². The molecule has 2 unspecified atom stereocenters. The molecule has 1 rings (SSSR count).